The number of benzene rings is 4. The summed E-state index contributed by atoms with van der Waals surface area (Å²) < 4.78 is 0. The third kappa shape index (κ3) is 5.11. The summed E-state index contributed by atoms with van der Waals surface area (Å²) in [6, 6.07) is 31.8. The van der Waals surface area contributed by atoms with Crippen LogP contribution in [0, 0.1) is 6.92 Å². The van der Waals surface area contributed by atoms with Gasteiger partial charge in [0.15, 0.2) is 0 Å². The Morgan fingerprint density at radius 3 is 0.867 bits per heavy atom. The molecule has 0 heterocycles. The second-order valence-electron chi connectivity index (χ2n) is 6.94. The fourth-order valence-electron chi connectivity index (χ4n) is 2.95. The Morgan fingerprint density at radius 2 is 0.600 bits per heavy atom. The van der Waals surface area contributed by atoms with Crippen molar-refractivity contribution >= 4 is 39.8 Å². The average molecular weight is 390 g/mol. The van der Waals surface area contributed by atoms with Crippen LogP contribution in [0.2, 0.25) is 0 Å². The van der Waals surface area contributed by atoms with E-state index in [-0.39, 0.29) is 0 Å². The molecule has 4 heteroatoms. The molecule has 30 heavy (non-hydrogen) atoms. The standard InChI is InChI=1S/C26H22N4/c1-19-3-5-21(6-4-19)28-23-11-13-25(14-12-23)30-26-17-15-24(16-18-26)29-22-9-7-20(27-2)8-10-22/h3-18H,1-2H3/q-4. The first-order valence-corrected chi connectivity index (χ1v) is 9.80. The minimum Gasteiger partial charge on any atom is -0.687 e. The van der Waals surface area contributed by atoms with E-state index in [2.05, 4.69) is 40.3 Å². The molecule has 0 atom stereocenters. The Hall–Kier alpha value is -3.92. The van der Waals surface area contributed by atoms with E-state index in [4.69, 9.17) is 0 Å². The smallest absolute Gasteiger partial charge is 0.0398 e. The molecule has 0 spiro atoms. The van der Waals surface area contributed by atoms with Crippen LogP contribution in [0.3, 0.4) is 0 Å². The lowest BCUT2D eigenvalue weighted by atomic mass is 10.2. The summed E-state index contributed by atoms with van der Waals surface area (Å²) in [7, 11) is 1.78. The summed E-state index contributed by atoms with van der Waals surface area (Å²) >= 11 is 0. The van der Waals surface area contributed by atoms with Crippen molar-refractivity contribution < 1.29 is 0 Å². The van der Waals surface area contributed by atoms with Crippen LogP contribution >= 0.6 is 0 Å². The van der Waals surface area contributed by atoms with Gasteiger partial charge in [0.1, 0.15) is 0 Å². The molecule has 4 aromatic carbocycles. The Morgan fingerprint density at radius 1 is 0.367 bits per heavy atom. The van der Waals surface area contributed by atoms with Crippen molar-refractivity contribution in [3.63, 3.8) is 0 Å². The second-order valence-corrected chi connectivity index (χ2v) is 6.94. The van der Waals surface area contributed by atoms with E-state index in [1.165, 1.54) is 5.56 Å². The molecule has 0 bridgehead atoms. The zero-order valence-corrected chi connectivity index (χ0v) is 17.0. The van der Waals surface area contributed by atoms with Gasteiger partial charge in [0.05, 0.1) is 0 Å². The molecule has 0 amide bonds. The number of hydrogen-bond donors (Lipinski definition) is 0. The molecule has 0 N–H and O–H groups in total. The summed E-state index contributed by atoms with van der Waals surface area (Å²) in [5.74, 6) is 0. The lowest BCUT2D eigenvalue weighted by Crippen LogP contribution is -1.73. The number of aryl methyl sites for hydroxylation is 1. The summed E-state index contributed by atoms with van der Waals surface area (Å²) in [5, 5.41) is 18.1. The highest BCUT2D eigenvalue weighted by atomic mass is 14.9. The predicted octanol–water partition coefficient (Wildman–Crippen LogP) is 9.64. The summed E-state index contributed by atoms with van der Waals surface area (Å²) in [5.41, 5.74) is 7.60. The van der Waals surface area contributed by atoms with Crippen molar-refractivity contribution in [1.82, 2.24) is 0 Å². The molecule has 0 aliphatic rings. The van der Waals surface area contributed by atoms with E-state index in [0.29, 0.717) is 0 Å². The van der Waals surface area contributed by atoms with Crippen molar-refractivity contribution in [3.8, 4) is 0 Å². The third-order valence-electron chi connectivity index (χ3n) is 4.62. The van der Waals surface area contributed by atoms with Gasteiger partial charge in [-0.2, -0.15) is 0 Å². The third-order valence-corrected chi connectivity index (χ3v) is 4.62. The van der Waals surface area contributed by atoms with Crippen LogP contribution in [0.1, 0.15) is 5.56 Å². The lowest BCUT2D eigenvalue weighted by molar-refractivity contribution is 1.47. The summed E-state index contributed by atoms with van der Waals surface area (Å²) in [4.78, 5) is 0. The summed E-state index contributed by atoms with van der Waals surface area (Å²) in [6.07, 6.45) is 0. The Kier molecular flexibility index (Phi) is 5.85. The molecule has 4 nitrogen and oxygen atoms in total. The molecular formula is C26H22N4-4. The van der Waals surface area contributed by atoms with Gasteiger partial charge in [0.2, 0.25) is 0 Å². The molecule has 4 aromatic rings. The zero-order valence-electron chi connectivity index (χ0n) is 17.0. The van der Waals surface area contributed by atoms with Crippen molar-refractivity contribution in [2.75, 3.05) is 7.05 Å². The molecule has 0 aromatic heterocycles. The van der Waals surface area contributed by atoms with E-state index in [9.17, 15) is 0 Å². The van der Waals surface area contributed by atoms with Crippen molar-refractivity contribution in [2.24, 2.45) is 0 Å². The SMILES string of the molecule is C[N-]c1ccc([N-]c2ccc([N-]c3ccc([N-]c4ccc(C)cc4)cc3)cc2)cc1. The zero-order chi connectivity index (χ0) is 20.8. The number of rotatable bonds is 7. The van der Waals surface area contributed by atoms with Crippen molar-refractivity contribution in [2.45, 2.75) is 6.92 Å². The maximum absolute atomic E-state index is 4.68. The van der Waals surface area contributed by atoms with Crippen LogP contribution in [-0.4, -0.2) is 7.05 Å². The van der Waals surface area contributed by atoms with Gasteiger partial charge < -0.3 is 21.3 Å². The maximum atomic E-state index is 4.68. The molecule has 0 saturated carbocycles. The fourth-order valence-corrected chi connectivity index (χ4v) is 2.95. The van der Waals surface area contributed by atoms with Gasteiger partial charge in [0, 0.05) is 0 Å². The quantitative estimate of drug-likeness (QED) is 0.301. The van der Waals surface area contributed by atoms with E-state index >= 15 is 0 Å². The molecule has 0 saturated heterocycles. The number of hydrogen-bond acceptors (Lipinski definition) is 0. The minimum atomic E-state index is 0.886. The van der Waals surface area contributed by atoms with Crippen LogP contribution in [0.25, 0.3) is 21.3 Å². The van der Waals surface area contributed by atoms with Gasteiger partial charge in [-0.05, 0) is 6.92 Å². The van der Waals surface area contributed by atoms with E-state index in [1.54, 1.807) is 7.05 Å². The second kappa shape index (κ2) is 9.05. The first-order valence-electron chi connectivity index (χ1n) is 9.80. The monoisotopic (exact) mass is 390 g/mol. The predicted molar refractivity (Wildman–Crippen MR) is 127 cm³/mol. The Labute approximate surface area is 178 Å². The molecular weight excluding hydrogens is 368 g/mol. The van der Waals surface area contributed by atoms with Crippen LogP contribution in [0.5, 0.6) is 0 Å². The Bertz CT molecular complexity index is 1070. The average Bonchev–Trinajstić information content (AvgIpc) is 2.78. The van der Waals surface area contributed by atoms with Crippen molar-refractivity contribution in [3.05, 3.63) is 124 Å². The number of nitrogens with zero attached hydrogens (tertiary/aromatic N) is 4. The summed E-state index contributed by atoms with van der Waals surface area (Å²) in [6.45, 7) is 2.07. The highest BCUT2D eigenvalue weighted by Gasteiger charge is 1.86. The first kappa shape index (κ1) is 19.4. The van der Waals surface area contributed by atoms with Crippen LogP contribution in [-0.2, 0) is 0 Å². The van der Waals surface area contributed by atoms with Gasteiger partial charge in [-0.15, -0.1) is 46.9 Å². The van der Waals surface area contributed by atoms with Gasteiger partial charge in [0.25, 0.3) is 0 Å². The van der Waals surface area contributed by atoms with Crippen LogP contribution in [0.4, 0.5) is 39.8 Å². The highest BCUT2D eigenvalue weighted by Crippen LogP contribution is 2.37. The molecule has 150 valence electrons. The van der Waals surface area contributed by atoms with Crippen LogP contribution in [0.15, 0.2) is 97.1 Å². The maximum Gasteiger partial charge on any atom is -0.0398 e. The van der Waals surface area contributed by atoms with E-state index in [0.717, 1.165) is 39.8 Å². The molecule has 0 unspecified atom stereocenters. The fraction of sp³-hybridized carbons (Fsp3) is 0.0769. The highest BCUT2D eigenvalue weighted by molar-refractivity contribution is 5.75. The van der Waals surface area contributed by atoms with E-state index in [1.807, 2.05) is 84.9 Å². The molecule has 0 radical (unpaired) electrons. The lowest BCUT2D eigenvalue weighted by Gasteiger charge is -2.28. The van der Waals surface area contributed by atoms with Gasteiger partial charge in [-0.25, -0.2) is 0 Å². The van der Waals surface area contributed by atoms with Gasteiger partial charge in [-0.3, -0.25) is 0 Å². The normalized spacial score (nSPS) is 10.3. The molecule has 0 aliphatic heterocycles. The largest absolute Gasteiger partial charge is 0.687 e. The molecule has 0 fully saturated rings. The molecule has 4 rings (SSSR count). The van der Waals surface area contributed by atoms with Crippen LogP contribution < -0.4 is 0 Å². The van der Waals surface area contributed by atoms with E-state index < -0.39 is 0 Å². The van der Waals surface area contributed by atoms with Crippen molar-refractivity contribution in [1.29, 1.82) is 0 Å². The minimum absolute atomic E-state index is 0.886. The topological polar surface area (TPSA) is 56.4 Å². The van der Waals surface area contributed by atoms with Gasteiger partial charge in [-0.1, -0.05) is 103 Å². The van der Waals surface area contributed by atoms with Gasteiger partial charge >= 0.3 is 0 Å². The molecule has 0 aliphatic carbocycles. The first-order chi connectivity index (χ1) is 14.7. The Balaban J connectivity index is 1.35.